The molecule has 0 unspecified atom stereocenters. The Balaban J connectivity index is 2.35. The van der Waals surface area contributed by atoms with E-state index in [1.807, 2.05) is 6.92 Å². The van der Waals surface area contributed by atoms with Crippen molar-refractivity contribution < 1.29 is 13.2 Å². The van der Waals surface area contributed by atoms with Gasteiger partial charge < -0.3 is 0 Å². The number of hydrogen-bond donors (Lipinski definition) is 0. The van der Waals surface area contributed by atoms with Crippen molar-refractivity contribution in [3.05, 3.63) is 59.9 Å². The van der Waals surface area contributed by atoms with Gasteiger partial charge in [0.15, 0.2) is 5.78 Å². The molecule has 0 atom stereocenters. The first-order valence-corrected chi connectivity index (χ1v) is 7.52. The van der Waals surface area contributed by atoms with Crippen molar-refractivity contribution in [2.45, 2.75) is 18.7 Å². The van der Waals surface area contributed by atoms with Crippen molar-refractivity contribution in [1.82, 2.24) is 3.97 Å². The van der Waals surface area contributed by atoms with Crippen molar-refractivity contribution in [1.29, 1.82) is 0 Å². The van der Waals surface area contributed by atoms with Gasteiger partial charge in [0.05, 0.1) is 4.90 Å². The number of aryl methyl sites for hydroxylation is 1. The van der Waals surface area contributed by atoms with Gasteiger partial charge in [0.2, 0.25) is 0 Å². The summed E-state index contributed by atoms with van der Waals surface area (Å²) in [5, 5.41) is 0. The second-order valence-corrected chi connectivity index (χ2v) is 6.38. The summed E-state index contributed by atoms with van der Waals surface area (Å²) in [6.45, 7) is 3.34. The second-order valence-electron chi connectivity index (χ2n) is 4.54. The van der Waals surface area contributed by atoms with E-state index in [0.717, 1.165) is 9.54 Å². The van der Waals surface area contributed by atoms with Gasteiger partial charge in [-0.1, -0.05) is 17.7 Å². The number of allylic oxidation sites excluding steroid dienone is 1. The number of hydrogen-bond acceptors (Lipinski definition) is 3. The summed E-state index contributed by atoms with van der Waals surface area (Å²) in [5.41, 5.74) is 1.66. The van der Waals surface area contributed by atoms with E-state index in [9.17, 15) is 13.2 Å². The number of ketones is 1. The summed E-state index contributed by atoms with van der Waals surface area (Å²) < 4.78 is 25.9. The minimum Gasteiger partial charge on any atom is -0.295 e. The van der Waals surface area contributed by atoms with Crippen LogP contribution in [0.25, 0.3) is 6.08 Å². The van der Waals surface area contributed by atoms with Crippen molar-refractivity contribution >= 4 is 21.9 Å². The topological polar surface area (TPSA) is 56.1 Å². The van der Waals surface area contributed by atoms with Crippen molar-refractivity contribution in [2.24, 2.45) is 0 Å². The Morgan fingerprint density at radius 3 is 2.40 bits per heavy atom. The lowest BCUT2D eigenvalue weighted by Crippen LogP contribution is -2.10. The lowest BCUT2D eigenvalue weighted by atomic mass is 10.2. The first-order valence-electron chi connectivity index (χ1n) is 6.08. The first-order chi connectivity index (χ1) is 9.39. The molecule has 0 fully saturated rings. The van der Waals surface area contributed by atoms with Gasteiger partial charge >= 0.3 is 0 Å². The van der Waals surface area contributed by atoms with Crippen LogP contribution >= 0.6 is 0 Å². The largest absolute Gasteiger partial charge is 0.295 e. The van der Waals surface area contributed by atoms with Gasteiger partial charge in [0, 0.05) is 12.4 Å². The van der Waals surface area contributed by atoms with E-state index < -0.39 is 10.0 Å². The predicted molar refractivity (Wildman–Crippen MR) is 77.9 cm³/mol. The van der Waals surface area contributed by atoms with Crippen molar-refractivity contribution in [3.63, 3.8) is 0 Å². The molecule has 1 aromatic carbocycles. The molecule has 0 aliphatic heterocycles. The molecule has 5 heteroatoms. The van der Waals surface area contributed by atoms with E-state index >= 15 is 0 Å². The molecule has 0 amide bonds. The molecule has 4 nitrogen and oxygen atoms in total. The third kappa shape index (κ3) is 3.05. The number of carbonyl (C=O) groups excluding carboxylic acids is 1. The highest BCUT2D eigenvalue weighted by atomic mass is 32.2. The molecule has 1 heterocycles. The number of aromatic nitrogens is 1. The van der Waals surface area contributed by atoms with Gasteiger partial charge in [-0.25, -0.2) is 12.4 Å². The van der Waals surface area contributed by atoms with Crippen LogP contribution in [0.2, 0.25) is 0 Å². The fourth-order valence-corrected chi connectivity index (χ4v) is 2.89. The predicted octanol–water partition coefficient (Wildman–Crippen LogP) is 2.64. The van der Waals surface area contributed by atoms with Crippen LogP contribution in [0, 0.1) is 6.92 Å². The highest BCUT2D eigenvalue weighted by Crippen LogP contribution is 2.16. The standard InChI is InChI=1S/C15H15NO3S/c1-12-3-7-15(8-4-12)20(18,19)16-10-9-14(11-16)6-5-13(2)17/h3-11H,1-2H3/b6-5+. The normalized spacial score (nSPS) is 11.9. The summed E-state index contributed by atoms with van der Waals surface area (Å²) in [5.74, 6) is -0.0841. The van der Waals surface area contributed by atoms with Crippen LogP contribution < -0.4 is 0 Å². The third-order valence-corrected chi connectivity index (χ3v) is 4.45. The average molecular weight is 289 g/mol. The Labute approximate surface area is 118 Å². The summed E-state index contributed by atoms with van der Waals surface area (Å²) in [7, 11) is -3.58. The smallest absolute Gasteiger partial charge is 0.267 e. The Morgan fingerprint density at radius 1 is 1.15 bits per heavy atom. The van der Waals surface area contributed by atoms with Crippen molar-refractivity contribution in [2.75, 3.05) is 0 Å². The molecule has 0 radical (unpaired) electrons. The van der Waals surface area contributed by atoms with E-state index in [4.69, 9.17) is 0 Å². The maximum absolute atomic E-state index is 12.4. The molecule has 0 saturated heterocycles. The molecule has 0 saturated carbocycles. The van der Waals surface area contributed by atoms with Gasteiger partial charge in [0.1, 0.15) is 0 Å². The van der Waals surface area contributed by atoms with E-state index in [1.165, 1.54) is 25.4 Å². The number of carbonyl (C=O) groups is 1. The van der Waals surface area contributed by atoms with E-state index in [2.05, 4.69) is 0 Å². The molecule has 0 aliphatic rings. The summed E-state index contributed by atoms with van der Waals surface area (Å²) >= 11 is 0. The molecule has 1 aromatic heterocycles. The third-order valence-electron chi connectivity index (χ3n) is 2.80. The van der Waals surface area contributed by atoms with E-state index in [-0.39, 0.29) is 10.7 Å². The zero-order valence-electron chi connectivity index (χ0n) is 11.3. The van der Waals surface area contributed by atoms with E-state index in [0.29, 0.717) is 5.56 Å². The highest BCUT2D eigenvalue weighted by Gasteiger charge is 2.15. The number of nitrogens with zero attached hydrogens (tertiary/aromatic N) is 1. The van der Waals surface area contributed by atoms with Gasteiger partial charge in [-0.3, -0.25) is 4.79 Å². The quantitative estimate of drug-likeness (QED) is 0.813. The Hall–Kier alpha value is -2.14. The zero-order valence-corrected chi connectivity index (χ0v) is 12.1. The molecule has 104 valence electrons. The summed E-state index contributed by atoms with van der Waals surface area (Å²) in [6, 6.07) is 8.32. The van der Waals surface area contributed by atoms with Gasteiger partial charge in [-0.05, 0) is 49.8 Å². The molecule has 0 bridgehead atoms. The molecule has 0 aliphatic carbocycles. The lowest BCUT2D eigenvalue weighted by Gasteiger charge is -2.05. The molecular weight excluding hydrogens is 274 g/mol. The molecular formula is C15H15NO3S. The maximum atomic E-state index is 12.4. The summed E-state index contributed by atoms with van der Waals surface area (Å²) in [6.07, 6.45) is 5.94. The zero-order chi connectivity index (χ0) is 14.8. The van der Waals surface area contributed by atoms with Crippen LogP contribution in [0.4, 0.5) is 0 Å². The fraction of sp³-hybridized carbons (Fsp3) is 0.133. The SMILES string of the molecule is CC(=O)/C=C/c1ccn(S(=O)(=O)c2ccc(C)cc2)c1. The van der Waals surface area contributed by atoms with Crippen LogP contribution in [0.1, 0.15) is 18.1 Å². The molecule has 20 heavy (non-hydrogen) atoms. The van der Waals surface area contributed by atoms with Gasteiger partial charge in [-0.2, -0.15) is 0 Å². The van der Waals surface area contributed by atoms with Crippen molar-refractivity contribution in [3.8, 4) is 0 Å². The van der Waals surface area contributed by atoms with Crippen LogP contribution in [-0.2, 0) is 14.8 Å². The number of rotatable bonds is 4. The van der Waals surface area contributed by atoms with Gasteiger partial charge in [-0.15, -0.1) is 0 Å². The monoisotopic (exact) mass is 289 g/mol. The Kier molecular flexibility index (Phi) is 3.90. The molecule has 0 spiro atoms. The lowest BCUT2D eigenvalue weighted by molar-refractivity contribution is -0.112. The second kappa shape index (κ2) is 5.46. The Morgan fingerprint density at radius 2 is 1.80 bits per heavy atom. The minimum absolute atomic E-state index is 0.0841. The fourth-order valence-electron chi connectivity index (χ4n) is 1.69. The van der Waals surface area contributed by atoms with Crippen LogP contribution in [-0.4, -0.2) is 18.2 Å². The first kappa shape index (κ1) is 14.3. The van der Waals surface area contributed by atoms with Crippen LogP contribution in [0.5, 0.6) is 0 Å². The molecule has 2 rings (SSSR count). The average Bonchev–Trinajstić information content (AvgIpc) is 2.86. The minimum atomic E-state index is -3.58. The maximum Gasteiger partial charge on any atom is 0.267 e. The van der Waals surface area contributed by atoms with Crippen LogP contribution in [0.3, 0.4) is 0 Å². The number of benzene rings is 1. The molecule has 0 N–H and O–H groups in total. The molecule has 2 aromatic rings. The highest BCUT2D eigenvalue weighted by molar-refractivity contribution is 7.90. The summed E-state index contributed by atoms with van der Waals surface area (Å²) in [4.78, 5) is 11.1. The van der Waals surface area contributed by atoms with Crippen LogP contribution in [0.15, 0.2) is 53.7 Å². The van der Waals surface area contributed by atoms with Gasteiger partial charge in [0.25, 0.3) is 10.0 Å². The van der Waals surface area contributed by atoms with E-state index in [1.54, 1.807) is 36.4 Å². The Bertz CT molecular complexity index is 753.